The average Bonchev–Trinajstić information content (AvgIpc) is 3.17. The van der Waals surface area contributed by atoms with Crippen LogP contribution in [0, 0.1) is 27.7 Å². The third kappa shape index (κ3) is 5.07. The molecule has 178 valence electrons. The minimum absolute atomic E-state index is 0.131. The molecule has 1 aliphatic carbocycles. The van der Waals surface area contributed by atoms with Crippen molar-refractivity contribution in [3.05, 3.63) is 80.8 Å². The third-order valence-corrected chi connectivity index (χ3v) is 7.63. The van der Waals surface area contributed by atoms with E-state index in [4.69, 9.17) is 0 Å². The molecule has 1 aromatic heterocycles. The summed E-state index contributed by atoms with van der Waals surface area (Å²) in [6.45, 7) is 7.75. The Hall–Kier alpha value is -2.99. The van der Waals surface area contributed by atoms with Crippen LogP contribution in [-0.2, 0) is 4.79 Å². The number of thiazole rings is 1. The molecule has 1 atom stereocenters. The van der Waals surface area contributed by atoms with Crippen molar-refractivity contribution >= 4 is 28.8 Å². The molecule has 0 saturated heterocycles. The van der Waals surface area contributed by atoms with Gasteiger partial charge >= 0.3 is 0 Å². The summed E-state index contributed by atoms with van der Waals surface area (Å²) < 4.78 is 0. The van der Waals surface area contributed by atoms with E-state index >= 15 is 0 Å². The number of para-hydroxylation sites is 1. The van der Waals surface area contributed by atoms with Gasteiger partial charge in [0.2, 0.25) is 5.91 Å². The predicted octanol–water partition coefficient (Wildman–Crippen LogP) is 6.21. The zero-order valence-electron chi connectivity index (χ0n) is 20.4. The molecule has 0 spiro atoms. The highest BCUT2D eigenvalue weighted by molar-refractivity contribution is 7.13. The standard InChI is InChI=1S/C28H33N3O2S/c1-18-12-11-13-19(2)24(18)31(28(33)26-20(3)29-21(4)34-26)25(22-14-7-5-8-15-22)27(32)30-23-16-9-6-10-17-23/h5,7-8,11-15,23,25H,6,9-10,16-17H2,1-4H3,(H,30,32). The summed E-state index contributed by atoms with van der Waals surface area (Å²) in [5.74, 6) is -0.318. The number of benzene rings is 2. The number of hydrogen-bond acceptors (Lipinski definition) is 4. The van der Waals surface area contributed by atoms with Crippen molar-refractivity contribution in [3.8, 4) is 0 Å². The number of carbonyl (C=O) groups excluding carboxylic acids is 2. The number of aryl methyl sites for hydroxylation is 4. The van der Waals surface area contributed by atoms with E-state index in [1.165, 1.54) is 17.8 Å². The number of hydrogen-bond donors (Lipinski definition) is 1. The molecule has 1 unspecified atom stereocenters. The van der Waals surface area contributed by atoms with Gasteiger partial charge in [-0.15, -0.1) is 11.3 Å². The van der Waals surface area contributed by atoms with Crippen LogP contribution in [0.4, 0.5) is 5.69 Å². The summed E-state index contributed by atoms with van der Waals surface area (Å²) in [5.41, 5.74) is 4.19. The van der Waals surface area contributed by atoms with Gasteiger partial charge in [-0.05, 0) is 57.2 Å². The highest BCUT2D eigenvalue weighted by Gasteiger charge is 2.37. The lowest BCUT2D eigenvalue weighted by atomic mass is 9.94. The van der Waals surface area contributed by atoms with Crippen LogP contribution in [0.25, 0.3) is 0 Å². The van der Waals surface area contributed by atoms with E-state index < -0.39 is 6.04 Å². The molecule has 34 heavy (non-hydrogen) atoms. The van der Waals surface area contributed by atoms with Crippen LogP contribution in [0.3, 0.4) is 0 Å². The summed E-state index contributed by atoms with van der Waals surface area (Å²) in [6, 6.07) is 15.0. The molecule has 5 nitrogen and oxygen atoms in total. The summed E-state index contributed by atoms with van der Waals surface area (Å²) in [6.07, 6.45) is 5.43. The molecule has 3 aromatic rings. The summed E-state index contributed by atoms with van der Waals surface area (Å²) in [5, 5.41) is 4.13. The normalized spacial score (nSPS) is 15.1. The second kappa shape index (κ2) is 10.5. The van der Waals surface area contributed by atoms with E-state index in [1.807, 2.05) is 76.2 Å². The lowest BCUT2D eigenvalue weighted by molar-refractivity contribution is -0.123. The van der Waals surface area contributed by atoms with Crippen LogP contribution in [0.2, 0.25) is 0 Å². The van der Waals surface area contributed by atoms with Gasteiger partial charge in [0, 0.05) is 6.04 Å². The number of amides is 2. The predicted molar refractivity (Wildman–Crippen MR) is 139 cm³/mol. The molecule has 2 aromatic carbocycles. The molecule has 1 fully saturated rings. The number of nitrogens with zero attached hydrogens (tertiary/aromatic N) is 2. The highest BCUT2D eigenvalue weighted by Crippen LogP contribution is 2.36. The second-order valence-electron chi connectivity index (χ2n) is 9.22. The highest BCUT2D eigenvalue weighted by atomic mass is 32.1. The molecule has 4 rings (SSSR count). The summed E-state index contributed by atoms with van der Waals surface area (Å²) in [4.78, 5) is 34.9. The van der Waals surface area contributed by atoms with Gasteiger partial charge in [-0.2, -0.15) is 0 Å². The molecule has 6 heteroatoms. The van der Waals surface area contributed by atoms with Gasteiger partial charge in [-0.25, -0.2) is 4.98 Å². The minimum atomic E-state index is -0.780. The summed E-state index contributed by atoms with van der Waals surface area (Å²) >= 11 is 1.38. The number of rotatable bonds is 6. The van der Waals surface area contributed by atoms with Crippen molar-refractivity contribution in [1.29, 1.82) is 0 Å². The Balaban J connectivity index is 1.86. The van der Waals surface area contributed by atoms with Crippen LogP contribution in [0.5, 0.6) is 0 Å². The lowest BCUT2D eigenvalue weighted by Gasteiger charge is -2.35. The molecular formula is C28H33N3O2S. The first kappa shape index (κ1) is 24.1. The van der Waals surface area contributed by atoms with Crippen molar-refractivity contribution < 1.29 is 9.59 Å². The first-order valence-electron chi connectivity index (χ1n) is 12.1. The van der Waals surface area contributed by atoms with E-state index in [0.717, 1.165) is 53.1 Å². The van der Waals surface area contributed by atoms with Crippen molar-refractivity contribution in [1.82, 2.24) is 10.3 Å². The smallest absolute Gasteiger partial charge is 0.271 e. The molecule has 1 saturated carbocycles. The quantitative estimate of drug-likeness (QED) is 0.461. The number of aromatic nitrogens is 1. The molecule has 1 N–H and O–H groups in total. The van der Waals surface area contributed by atoms with Crippen molar-refractivity contribution in [2.45, 2.75) is 71.9 Å². The molecule has 0 bridgehead atoms. The van der Waals surface area contributed by atoms with Gasteiger partial charge in [0.15, 0.2) is 0 Å². The Morgan fingerprint density at radius 1 is 0.941 bits per heavy atom. The number of nitrogens with one attached hydrogen (secondary N) is 1. The van der Waals surface area contributed by atoms with Crippen LogP contribution in [0.15, 0.2) is 48.5 Å². The van der Waals surface area contributed by atoms with E-state index in [9.17, 15) is 9.59 Å². The van der Waals surface area contributed by atoms with Gasteiger partial charge in [-0.3, -0.25) is 14.5 Å². The Kier molecular flexibility index (Phi) is 7.47. The van der Waals surface area contributed by atoms with E-state index in [1.54, 1.807) is 4.90 Å². The first-order chi connectivity index (χ1) is 16.4. The number of anilines is 1. The molecule has 1 heterocycles. The van der Waals surface area contributed by atoms with Crippen molar-refractivity contribution in [2.75, 3.05) is 4.90 Å². The molecule has 0 aliphatic heterocycles. The van der Waals surface area contributed by atoms with Gasteiger partial charge < -0.3 is 5.32 Å². The Labute approximate surface area is 206 Å². The lowest BCUT2D eigenvalue weighted by Crippen LogP contribution is -2.47. The summed E-state index contributed by atoms with van der Waals surface area (Å²) in [7, 11) is 0. The molecule has 1 aliphatic rings. The van der Waals surface area contributed by atoms with Gasteiger partial charge in [-0.1, -0.05) is 67.8 Å². The van der Waals surface area contributed by atoms with Crippen molar-refractivity contribution in [2.24, 2.45) is 0 Å². The topological polar surface area (TPSA) is 62.3 Å². The zero-order valence-corrected chi connectivity index (χ0v) is 21.2. The number of carbonyl (C=O) groups is 2. The van der Waals surface area contributed by atoms with Crippen LogP contribution in [0.1, 0.15) is 75.2 Å². The van der Waals surface area contributed by atoms with Gasteiger partial charge in [0.1, 0.15) is 10.9 Å². The van der Waals surface area contributed by atoms with Crippen molar-refractivity contribution in [3.63, 3.8) is 0 Å². The third-order valence-electron chi connectivity index (χ3n) is 6.57. The largest absolute Gasteiger partial charge is 0.351 e. The zero-order chi connectivity index (χ0) is 24.2. The SMILES string of the molecule is Cc1nc(C)c(C(=O)N(c2c(C)cccc2C)C(C(=O)NC2CCCCC2)c2ccccc2)s1. The van der Waals surface area contributed by atoms with Gasteiger partial charge in [0.05, 0.1) is 16.4 Å². The Morgan fingerprint density at radius 2 is 1.59 bits per heavy atom. The maximum absolute atomic E-state index is 14.2. The maximum Gasteiger partial charge on any atom is 0.271 e. The fourth-order valence-electron chi connectivity index (χ4n) is 4.95. The van der Waals surface area contributed by atoms with Crippen LogP contribution >= 0.6 is 11.3 Å². The molecule has 2 amide bonds. The minimum Gasteiger partial charge on any atom is -0.351 e. The van der Waals surface area contributed by atoms with Gasteiger partial charge in [0.25, 0.3) is 5.91 Å². The van der Waals surface area contributed by atoms with Crippen LogP contribution < -0.4 is 10.2 Å². The van der Waals surface area contributed by atoms with E-state index in [0.29, 0.717) is 10.6 Å². The fraction of sp³-hybridized carbons (Fsp3) is 0.393. The maximum atomic E-state index is 14.2. The van der Waals surface area contributed by atoms with E-state index in [2.05, 4.69) is 10.3 Å². The molecule has 0 radical (unpaired) electrons. The fourth-order valence-corrected chi connectivity index (χ4v) is 5.81. The first-order valence-corrected chi connectivity index (χ1v) is 12.9. The average molecular weight is 476 g/mol. The van der Waals surface area contributed by atoms with Crippen LogP contribution in [-0.4, -0.2) is 22.8 Å². The monoisotopic (exact) mass is 475 g/mol. The van der Waals surface area contributed by atoms with E-state index in [-0.39, 0.29) is 17.9 Å². The molecular weight excluding hydrogens is 442 g/mol. The Bertz CT molecular complexity index is 1150. The second-order valence-corrected chi connectivity index (χ2v) is 10.4. The Morgan fingerprint density at radius 3 is 2.18 bits per heavy atom.